The summed E-state index contributed by atoms with van der Waals surface area (Å²) in [5.74, 6) is 2.21. The number of methoxy groups -OCH3 is 4. The molecule has 10 heteroatoms. The number of carbonyl (C=O) groups is 2. The van der Waals surface area contributed by atoms with E-state index in [2.05, 4.69) is 10.6 Å². The number of carbonyl (C=O) groups excluding carboxylic acids is 2. The maximum Gasteiger partial charge on any atom is 0.252 e. The molecule has 0 atom stereocenters. The summed E-state index contributed by atoms with van der Waals surface area (Å²) in [6.45, 7) is 0. The number of hydrogen-bond donors (Lipinski definition) is 2. The molecule has 0 saturated heterocycles. The molecule has 1 saturated carbocycles. The first-order valence-corrected chi connectivity index (χ1v) is 17.2. The van der Waals surface area contributed by atoms with E-state index in [4.69, 9.17) is 28.9 Å². The second kappa shape index (κ2) is 15.0. The summed E-state index contributed by atoms with van der Waals surface area (Å²) in [4.78, 5) is 37.5. The predicted octanol–water partition coefficient (Wildman–Crippen LogP) is 7.62. The lowest BCUT2D eigenvalue weighted by atomic mass is 9.90. The second-order valence-electron chi connectivity index (χ2n) is 12.8. The van der Waals surface area contributed by atoms with Crippen molar-refractivity contribution in [3.63, 3.8) is 0 Å². The first-order chi connectivity index (χ1) is 25.4. The van der Waals surface area contributed by atoms with Crippen molar-refractivity contribution in [1.29, 1.82) is 0 Å². The number of nitrogens with one attached hydrogen (secondary N) is 2. The molecule has 52 heavy (non-hydrogen) atoms. The molecule has 7 rings (SSSR count). The summed E-state index contributed by atoms with van der Waals surface area (Å²) >= 11 is 0. The van der Waals surface area contributed by atoms with Crippen LogP contribution in [0.1, 0.15) is 46.4 Å². The molecule has 2 N–H and O–H groups in total. The summed E-state index contributed by atoms with van der Waals surface area (Å²) in [7, 11) is 6.41. The van der Waals surface area contributed by atoms with Crippen LogP contribution in [0.4, 0.5) is 0 Å². The predicted molar refractivity (Wildman–Crippen MR) is 202 cm³/mol. The van der Waals surface area contributed by atoms with Gasteiger partial charge in [-0.3, -0.25) is 9.59 Å². The fraction of sp³-hybridized carbons (Fsp3) is 0.238. The molecule has 0 radical (unpaired) electrons. The number of ether oxygens (including phenoxy) is 4. The molecule has 2 amide bonds. The highest BCUT2D eigenvalue weighted by atomic mass is 16.5. The first-order valence-electron chi connectivity index (χ1n) is 17.2. The summed E-state index contributed by atoms with van der Waals surface area (Å²) in [6.07, 6.45) is 2.91. The fourth-order valence-electron chi connectivity index (χ4n) is 6.93. The Morgan fingerprint density at radius 1 is 0.538 bits per heavy atom. The number of para-hydroxylation sites is 2. The lowest BCUT2D eigenvalue weighted by molar-refractivity contribution is 0.0893. The van der Waals surface area contributed by atoms with E-state index in [0.29, 0.717) is 56.5 Å². The number of hydrogen-bond acceptors (Lipinski definition) is 8. The number of rotatable bonds is 10. The Hall–Kier alpha value is -6.16. The number of aromatic nitrogens is 2. The smallest absolute Gasteiger partial charge is 0.252 e. The molecule has 0 aliphatic heterocycles. The summed E-state index contributed by atoms with van der Waals surface area (Å²) in [5.41, 5.74) is 5.30. The molecule has 264 valence electrons. The van der Waals surface area contributed by atoms with Crippen molar-refractivity contribution < 1.29 is 28.5 Å². The minimum Gasteiger partial charge on any atom is -0.497 e. The average molecular weight is 697 g/mol. The Morgan fingerprint density at radius 2 is 0.942 bits per heavy atom. The highest BCUT2D eigenvalue weighted by Crippen LogP contribution is 2.36. The molecule has 10 nitrogen and oxygen atoms in total. The number of nitrogens with zero attached hydrogens (tertiary/aromatic N) is 2. The number of benzene rings is 4. The lowest BCUT2D eigenvalue weighted by Gasteiger charge is -2.30. The van der Waals surface area contributed by atoms with Crippen molar-refractivity contribution in [2.24, 2.45) is 0 Å². The third-order valence-corrected chi connectivity index (χ3v) is 9.69. The van der Waals surface area contributed by atoms with Gasteiger partial charge in [-0.15, -0.1) is 0 Å². The van der Waals surface area contributed by atoms with Crippen molar-refractivity contribution in [2.45, 2.75) is 37.8 Å². The van der Waals surface area contributed by atoms with Gasteiger partial charge < -0.3 is 29.6 Å². The zero-order chi connectivity index (χ0) is 36.2. The van der Waals surface area contributed by atoms with Crippen LogP contribution in [0.2, 0.25) is 0 Å². The zero-order valence-corrected chi connectivity index (χ0v) is 29.6. The first kappa shape index (κ1) is 34.3. The third kappa shape index (κ3) is 6.92. The van der Waals surface area contributed by atoms with Gasteiger partial charge in [-0.25, -0.2) is 9.97 Å². The van der Waals surface area contributed by atoms with Gasteiger partial charge in [-0.05, 0) is 74.2 Å². The molecule has 0 spiro atoms. The van der Waals surface area contributed by atoms with E-state index in [-0.39, 0.29) is 23.9 Å². The SMILES string of the molecule is COc1ccc(-c2cc(C(=O)NC3CCC(NC(=O)c4cc(-c5ccc(OC)cc5OC)nc5ccccc45)CC3)c3ccccc3n2)c(OC)c1. The molecule has 1 aliphatic rings. The minimum absolute atomic E-state index is 0.0394. The van der Waals surface area contributed by atoms with Gasteiger partial charge in [0.25, 0.3) is 11.8 Å². The largest absolute Gasteiger partial charge is 0.497 e. The van der Waals surface area contributed by atoms with E-state index in [1.54, 1.807) is 40.6 Å². The summed E-state index contributed by atoms with van der Waals surface area (Å²) in [5, 5.41) is 8.08. The monoisotopic (exact) mass is 696 g/mol. The van der Waals surface area contributed by atoms with Gasteiger partial charge in [-0.1, -0.05) is 36.4 Å². The van der Waals surface area contributed by atoms with Crippen molar-refractivity contribution in [1.82, 2.24) is 20.6 Å². The Kier molecular flexibility index (Phi) is 9.88. The third-order valence-electron chi connectivity index (χ3n) is 9.69. The Morgan fingerprint density at radius 3 is 1.33 bits per heavy atom. The van der Waals surface area contributed by atoms with Gasteiger partial charge in [0, 0.05) is 46.1 Å². The van der Waals surface area contributed by atoms with E-state index in [0.717, 1.165) is 47.6 Å². The van der Waals surface area contributed by atoms with Crippen LogP contribution >= 0.6 is 0 Å². The van der Waals surface area contributed by atoms with Gasteiger partial charge in [-0.2, -0.15) is 0 Å². The normalized spacial score (nSPS) is 15.5. The standard InChI is InChI=1S/C42H40N4O6/c1-49-27-17-19-31(39(21-27)51-3)37-23-33(29-9-5-7-11-35(29)45-37)41(47)43-25-13-15-26(16-14-25)44-42(48)34-24-38(46-36-12-8-6-10-30(34)36)32-20-18-28(50-2)22-40(32)52-4/h5-12,17-26H,13-16H2,1-4H3,(H,43,47)(H,44,48). The van der Waals surface area contributed by atoms with Crippen LogP contribution in [0.15, 0.2) is 97.1 Å². The lowest BCUT2D eigenvalue weighted by Crippen LogP contribution is -2.44. The highest BCUT2D eigenvalue weighted by molar-refractivity contribution is 6.08. The molecule has 6 aromatic rings. The van der Waals surface area contributed by atoms with Crippen LogP contribution in [-0.2, 0) is 0 Å². The Labute approximate surface area is 302 Å². The van der Waals surface area contributed by atoms with Crippen LogP contribution in [-0.4, -0.2) is 62.3 Å². The molecule has 0 bridgehead atoms. The van der Waals surface area contributed by atoms with E-state index in [9.17, 15) is 9.59 Å². The molecular formula is C42H40N4O6. The van der Waals surface area contributed by atoms with Gasteiger partial charge in [0.2, 0.25) is 0 Å². The van der Waals surface area contributed by atoms with Gasteiger partial charge in [0.05, 0.1) is 62.0 Å². The molecule has 0 unspecified atom stereocenters. The summed E-state index contributed by atoms with van der Waals surface area (Å²) < 4.78 is 22.0. The zero-order valence-electron chi connectivity index (χ0n) is 29.6. The molecular weight excluding hydrogens is 656 g/mol. The van der Waals surface area contributed by atoms with Crippen molar-refractivity contribution in [3.8, 4) is 45.5 Å². The fourth-order valence-corrected chi connectivity index (χ4v) is 6.93. The van der Waals surface area contributed by atoms with Gasteiger partial charge in [0.15, 0.2) is 0 Å². The van der Waals surface area contributed by atoms with Crippen molar-refractivity contribution >= 4 is 33.6 Å². The van der Waals surface area contributed by atoms with E-state index in [1.165, 1.54) is 0 Å². The van der Waals surface area contributed by atoms with Crippen LogP contribution in [0.25, 0.3) is 44.3 Å². The summed E-state index contributed by atoms with van der Waals surface area (Å²) in [6, 6.07) is 29.9. The topological polar surface area (TPSA) is 121 Å². The number of pyridine rings is 2. The van der Waals surface area contributed by atoms with Crippen LogP contribution in [0.5, 0.6) is 23.0 Å². The minimum atomic E-state index is -0.162. The maximum atomic E-state index is 13.9. The number of amides is 2. The maximum absolute atomic E-state index is 13.9. The second-order valence-corrected chi connectivity index (χ2v) is 12.8. The van der Waals surface area contributed by atoms with E-state index >= 15 is 0 Å². The quantitative estimate of drug-likeness (QED) is 0.150. The molecule has 2 aromatic heterocycles. The average Bonchev–Trinajstić information content (AvgIpc) is 3.20. The van der Waals surface area contributed by atoms with Crippen molar-refractivity contribution in [2.75, 3.05) is 28.4 Å². The Bertz CT molecular complexity index is 2120. The molecule has 1 aliphatic carbocycles. The van der Waals surface area contributed by atoms with Gasteiger partial charge >= 0.3 is 0 Å². The molecule has 1 fully saturated rings. The molecule has 2 heterocycles. The van der Waals surface area contributed by atoms with Gasteiger partial charge in [0.1, 0.15) is 23.0 Å². The highest BCUT2D eigenvalue weighted by Gasteiger charge is 2.26. The van der Waals surface area contributed by atoms with Crippen molar-refractivity contribution in [3.05, 3.63) is 108 Å². The van der Waals surface area contributed by atoms with E-state index in [1.807, 2.05) is 84.9 Å². The van der Waals surface area contributed by atoms with E-state index < -0.39 is 0 Å². The Balaban J connectivity index is 1.07. The van der Waals surface area contributed by atoms with Crippen LogP contribution < -0.4 is 29.6 Å². The number of fused-ring (bicyclic) bond motifs is 2. The van der Waals surface area contributed by atoms with Crippen LogP contribution in [0, 0.1) is 0 Å². The molecule has 4 aromatic carbocycles. The van der Waals surface area contributed by atoms with Crippen LogP contribution in [0.3, 0.4) is 0 Å².